The minimum absolute atomic E-state index is 0.159. The lowest BCUT2D eigenvalue weighted by molar-refractivity contribution is 0.0691. The summed E-state index contributed by atoms with van der Waals surface area (Å²) in [6.45, 7) is 0. The van der Waals surface area contributed by atoms with Gasteiger partial charge in [0.15, 0.2) is 5.69 Å². The second kappa shape index (κ2) is 3.14. The molecule has 0 saturated heterocycles. The van der Waals surface area contributed by atoms with E-state index in [0.717, 1.165) is 15.6 Å². The first kappa shape index (κ1) is 9.52. The summed E-state index contributed by atoms with van der Waals surface area (Å²) >= 11 is 0. The van der Waals surface area contributed by atoms with Crippen molar-refractivity contribution in [1.82, 2.24) is 19.9 Å². The fraction of sp³-hybridized carbons (Fsp3) is 0. The quantitative estimate of drug-likeness (QED) is 0.584. The number of nitrogens with two attached hydrogens (primary N) is 1. The van der Waals surface area contributed by atoms with Crippen LogP contribution in [-0.4, -0.2) is 30.9 Å². The van der Waals surface area contributed by atoms with Gasteiger partial charge in [0.2, 0.25) is 0 Å². The minimum Gasteiger partial charge on any atom is -0.476 e. The molecule has 3 aromatic heterocycles. The lowest BCUT2D eigenvalue weighted by atomic mass is 10.2. The maximum atomic E-state index is 11.0. The number of nitrogen functional groups attached to an aromatic ring is 1. The Morgan fingerprint density at radius 1 is 1.41 bits per heavy atom. The molecule has 0 unspecified atom stereocenters. The zero-order valence-electron chi connectivity index (χ0n) is 8.53. The van der Waals surface area contributed by atoms with Gasteiger partial charge < -0.3 is 10.9 Å². The van der Waals surface area contributed by atoms with Crippen molar-refractivity contribution in [3.8, 4) is 0 Å². The van der Waals surface area contributed by atoms with Crippen LogP contribution in [0, 0.1) is 0 Å². The number of aromatic carboxylic acids is 1. The lowest BCUT2D eigenvalue weighted by Crippen LogP contribution is -2.11. The molecule has 3 N–H and O–H groups in total. The molecule has 0 amide bonds. The fourth-order valence-corrected chi connectivity index (χ4v) is 1.79. The molecule has 0 aromatic carbocycles. The van der Waals surface area contributed by atoms with Gasteiger partial charge in [0, 0.05) is 29.4 Å². The molecule has 3 heterocycles. The summed E-state index contributed by atoms with van der Waals surface area (Å²) in [4.78, 5) is 20.1. The number of carbonyl (C=O) groups is 1. The molecule has 84 valence electrons. The van der Waals surface area contributed by atoms with E-state index in [1.165, 1.54) is 0 Å². The van der Waals surface area contributed by atoms with E-state index in [1.54, 1.807) is 24.7 Å². The number of hydrogen-bond donors (Lipinski definition) is 2. The molecule has 0 spiro atoms. The third-order valence-electron chi connectivity index (χ3n) is 2.53. The number of carboxylic acids is 1. The number of carboxylic acid groups (broad SMARTS) is 1. The van der Waals surface area contributed by atoms with E-state index < -0.39 is 5.97 Å². The Balaban J connectivity index is 2.55. The summed E-state index contributed by atoms with van der Waals surface area (Å²) in [6.07, 6.45) is 4.81. The van der Waals surface area contributed by atoms with Gasteiger partial charge in [0.1, 0.15) is 11.0 Å². The lowest BCUT2D eigenvalue weighted by Gasteiger charge is -1.99. The molecule has 3 aromatic rings. The smallest absolute Gasteiger partial charge is 0.358 e. The van der Waals surface area contributed by atoms with Crippen LogP contribution in [0.3, 0.4) is 0 Å². The van der Waals surface area contributed by atoms with Gasteiger partial charge >= 0.3 is 5.97 Å². The van der Waals surface area contributed by atoms with Crippen LogP contribution in [0.2, 0.25) is 0 Å². The molecule has 3 rings (SSSR count). The Labute approximate surface area is 94.5 Å². The van der Waals surface area contributed by atoms with E-state index in [2.05, 4.69) is 15.1 Å². The van der Waals surface area contributed by atoms with Crippen molar-refractivity contribution in [2.75, 3.05) is 5.84 Å². The average molecular weight is 229 g/mol. The number of fused-ring (bicyclic) bond motifs is 3. The second-order valence-corrected chi connectivity index (χ2v) is 3.52. The first-order valence-electron chi connectivity index (χ1n) is 4.78. The highest BCUT2D eigenvalue weighted by Gasteiger charge is 2.18. The normalized spacial score (nSPS) is 11.1. The highest BCUT2D eigenvalue weighted by Crippen LogP contribution is 2.23. The van der Waals surface area contributed by atoms with Gasteiger partial charge in [0.25, 0.3) is 0 Å². The van der Waals surface area contributed by atoms with Crippen molar-refractivity contribution in [1.29, 1.82) is 0 Å². The van der Waals surface area contributed by atoms with Crippen LogP contribution in [0.4, 0.5) is 0 Å². The summed E-state index contributed by atoms with van der Waals surface area (Å²) in [7, 11) is 0. The molecule has 0 radical (unpaired) electrons. The van der Waals surface area contributed by atoms with Gasteiger partial charge in [-0.25, -0.2) is 4.79 Å². The van der Waals surface area contributed by atoms with Gasteiger partial charge in [-0.1, -0.05) is 0 Å². The van der Waals surface area contributed by atoms with Crippen LogP contribution in [-0.2, 0) is 0 Å². The maximum Gasteiger partial charge on any atom is 0.358 e. The molecule has 0 aliphatic heterocycles. The number of aromatic nitrogens is 4. The number of hydrogen-bond acceptors (Lipinski definition) is 5. The topological polar surface area (TPSA) is 107 Å². The number of nitrogens with zero attached hydrogens (tertiary/aromatic N) is 4. The Bertz CT molecular complexity index is 749. The monoisotopic (exact) mass is 229 g/mol. The van der Waals surface area contributed by atoms with Gasteiger partial charge in [-0.2, -0.15) is 4.79 Å². The molecular weight excluding hydrogens is 222 g/mol. The summed E-state index contributed by atoms with van der Waals surface area (Å²) in [5.74, 6) is 4.50. The summed E-state index contributed by atoms with van der Waals surface area (Å²) in [5.41, 5.74) is 0.571. The Morgan fingerprint density at radius 2 is 2.24 bits per heavy atom. The molecule has 0 bridgehead atoms. The summed E-state index contributed by atoms with van der Waals surface area (Å²) in [5, 5.41) is 14.3. The predicted octanol–water partition coefficient (Wildman–Crippen LogP) is 0.391. The Hall–Kier alpha value is -2.70. The maximum absolute atomic E-state index is 11.0. The largest absolute Gasteiger partial charge is 0.476 e. The van der Waals surface area contributed by atoms with Crippen LogP contribution in [0.1, 0.15) is 10.5 Å². The average Bonchev–Trinajstić information content (AvgIpc) is 2.67. The zero-order chi connectivity index (χ0) is 12.0. The second-order valence-electron chi connectivity index (χ2n) is 3.52. The van der Waals surface area contributed by atoms with Crippen molar-refractivity contribution in [3.05, 3.63) is 30.4 Å². The molecule has 0 aliphatic carbocycles. The molecule has 0 fully saturated rings. The molecule has 0 atom stereocenters. The standard InChI is InChI=1S/C10H7N5O2/c11-15-9-6-4-12-2-1-5(6)3-13-7(9)8(14-15)10(16)17/h1-4H,11H2,(H,16,17). The SMILES string of the molecule is Nn1nc(C(=O)O)c2ncc3ccncc3c21. The fourth-order valence-electron chi connectivity index (χ4n) is 1.79. The van der Waals surface area contributed by atoms with Crippen LogP contribution < -0.4 is 5.84 Å². The first-order valence-corrected chi connectivity index (χ1v) is 4.78. The highest BCUT2D eigenvalue weighted by atomic mass is 16.4. The highest BCUT2D eigenvalue weighted by molar-refractivity contribution is 6.09. The van der Waals surface area contributed by atoms with Gasteiger partial charge in [-0.05, 0) is 6.07 Å². The Morgan fingerprint density at radius 3 is 3.00 bits per heavy atom. The van der Waals surface area contributed by atoms with Crippen LogP contribution in [0.25, 0.3) is 21.8 Å². The summed E-state index contributed by atoms with van der Waals surface area (Å²) in [6, 6.07) is 1.77. The van der Waals surface area contributed by atoms with Crippen molar-refractivity contribution in [2.45, 2.75) is 0 Å². The first-order chi connectivity index (χ1) is 8.18. The van der Waals surface area contributed by atoms with E-state index >= 15 is 0 Å². The minimum atomic E-state index is -1.16. The van der Waals surface area contributed by atoms with Gasteiger partial charge in [-0.3, -0.25) is 9.97 Å². The van der Waals surface area contributed by atoms with Crippen LogP contribution >= 0.6 is 0 Å². The van der Waals surface area contributed by atoms with Crippen molar-refractivity contribution in [2.24, 2.45) is 0 Å². The van der Waals surface area contributed by atoms with Gasteiger partial charge in [0.05, 0.1) is 0 Å². The zero-order valence-corrected chi connectivity index (χ0v) is 8.53. The van der Waals surface area contributed by atoms with Crippen molar-refractivity contribution >= 4 is 27.8 Å². The van der Waals surface area contributed by atoms with Gasteiger partial charge in [-0.15, -0.1) is 5.10 Å². The van der Waals surface area contributed by atoms with Crippen LogP contribution in [0.5, 0.6) is 0 Å². The molecule has 17 heavy (non-hydrogen) atoms. The molecule has 7 nitrogen and oxygen atoms in total. The van der Waals surface area contributed by atoms with Crippen LogP contribution in [0.15, 0.2) is 24.7 Å². The van der Waals surface area contributed by atoms with Crippen molar-refractivity contribution in [3.63, 3.8) is 0 Å². The summed E-state index contributed by atoms with van der Waals surface area (Å²) < 4.78 is 0. The molecular formula is C10H7N5O2. The number of pyridine rings is 2. The molecule has 7 heteroatoms. The van der Waals surface area contributed by atoms with Crippen molar-refractivity contribution < 1.29 is 9.90 Å². The third-order valence-corrected chi connectivity index (χ3v) is 2.53. The van der Waals surface area contributed by atoms with E-state index in [1.807, 2.05) is 0 Å². The van der Waals surface area contributed by atoms with E-state index in [-0.39, 0.29) is 11.2 Å². The number of rotatable bonds is 1. The predicted molar refractivity (Wildman–Crippen MR) is 59.9 cm³/mol. The van der Waals surface area contributed by atoms with E-state index in [4.69, 9.17) is 10.9 Å². The van der Waals surface area contributed by atoms with E-state index in [0.29, 0.717) is 5.52 Å². The Kier molecular flexibility index (Phi) is 1.76. The molecule has 0 aliphatic rings. The molecule has 0 saturated carbocycles. The third kappa shape index (κ3) is 1.22. The van der Waals surface area contributed by atoms with E-state index in [9.17, 15) is 4.79 Å².